The summed E-state index contributed by atoms with van der Waals surface area (Å²) in [5.41, 5.74) is 6.40. The van der Waals surface area contributed by atoms with Crippen molar-refractivity contribution in [2.24, 2.45) is 11.8 Å². The maximum Gasteiger partial charge on any atom is 0.459 e. The number of fused-ring (bicyclic) bond motifs is 2. The van der Waals surface area contributed by atoms with E-state index in [2.05, 4.69) is 53.9 Å². The Morgan fingerprint density at radius 2 is 1.02 bits per heavy atom. The molecule has 4 aromatic carbocycles. The van der Waals surface area contributed by atoms with E-state index in [0.717, 1.165) is 45.6 Å². The van der Waals surface area contributed by atoms with Crippen molar-refractivity contribution in [3.8, 4) is 11.5 Å². The maximum absolute atomic E-state index is 13.9. The highest BCUT2D eigenvalue weighted by Crippen LogP contribution is 2.47. The van der Waals surface area contributed by atoms with E-state index in [1.165, 1.54) is 13.0 Å². The number of esters is 2. The van der Waals surface area contributed by atoms with Gasteiger partial charge in [0.2, 0.25) is 0 Å². The van der Waals surface area contributed by atoms with Crippen molar-refractivity contribution in [1.29, 1.82) is 0 Å². The van der Waals surface area contributed by atoms with Crippen LogP contribution in [0.15, 0.2) is 147 Å². The number of aliphatic hydroxyl groups excluding tert-OH is 1. The van der Waals surface area contributed by atoms with Crippen molar-refractivity contribution in [2.45, 2.75) is 118 Å². The number of benzene rings is 4. The Labute approximate surface area is 483 Å². The minimum atomic E-state index is -4.02. The summed E-state index contributed by atoms with van der Waals surface area (Å²) >= 11 is 0. The Kier molecular flexibility index (Phi) is 23.1. The summed E-state index contributed by atoms with van der Waals surface area (Å²) in [5.74, 6) is 0.190. The van der Waals surface area contributed by atoms with Crippen molar-refractivity contribution in [3.63, 3.8) is 0 Å². The summed E-state index contributed by atoms with van der Waals surface area (Å²) in [4.78, 5) is 50.5. The monoisotopic (exact) mass is 1180 g/mol. The van der Waals surface area contributed by atoms with Crippen molar-refractivity contribution in [3.05, 3.63) is 169 Å². The Morgan fingerprint density at radius 1 is 0.614 bits per heavy atom. The molecule has 0 radical (unpaired) electrons. The van der Waals surface area contributed by atoms with Crippen molar-refractivity contribution in [2.75, 3.05) is 19.9 Å². The molecule has 2 saturated heterocycles. The summed E-state index contributed by atoms with van der Waals surface area (Å²) in [6, 6.07) is 34.5. The van der Waals surface area contributed by atoms with Gasteiger partial charge < -0.3 is 33.1 Å². The molecule has 8 aromatic rings. The van der Waals surface area contributed by atoms with Crippen LogP contribution in [0.4, 0.5) is 0 Å². The number of ether oxygens (including phenoxy) is 4. The number of aromatic nitrogens is 8. The van der Waals surface area contributed by atoms with Crippen LogP contribution >= 0.6 is 15.3 Å². The highest BCUT2D eigenvalue weighted by Gasteiger charge is 2.39. The molecule has 0 bridgehead atoms. The van der Waals surface area contributed by atoms with Crippen LogP contribution in [0.5, 0.6) is 11.5 Å². The fourth-order valence-corrected chi connectivity index (χ4v) is 12.0. The predicted octanol–water partition coefficient (Wildman–Crippen LogP) is 10.7. The molecular weight excluding hydrogens is 1100 g/mol. The summed E-state index contributed by atoms with van der Waals surface area (Å²) in [5, 5.41) is 14.6. The molecule has 0 aliphatic carbocycles. The van der Waals surface area contributed by atoms with Crippen LogP contribution < -0.4 is 19.2 Å². The number of nitrogens with one attached hydrogen (secondary N) is 2. The van der Waals surface area contributed by atoms with Gasteiger partial charge >= 0.3 is 27.2 Å². The first kappa shape index (κ1) is 63.3. The topological polar surface area (TPSA) is 264 Å². The molecule has 10 rings (SSSR count). The minimum absolute atomic E-state index is 0.0234. The number of hydrogen-bond acceptors (Lipinski definition) is 18. The molecule has 0 spiro atoms. The zero-order valence-electron chi connectivity index (χ0n) is 48.1. The van der Waals surface area contributed by atoms with Gasteiger partial charge in [-0.2, -0.15) is 5.09 Å². The molecule has 24 heteroatoms. The fourth-order valence-electron chi connectivity index (χ4n) is 9.05. The standard InChI is InChI=1S/C28H32N5O6P.C17H20NO4P.C12H16N4O2.C2H6/c1-19-14-24(38-27(19)33-18-31-25-20(2)29-17-30-26(25)33)16-37-40(35,39-23-12-8-5-9-13-23)32-21(3)28(34)36-15-22-10-6-4-7-11-22;1-14(17(19)21-13-15-9-5-3-6-10-15)18-23(2,20)22-16-11-7-4-8-12-16;1-7-3-9(4-17)18-12(7)16-6-15-10-8(2)13-5-14-11(10)16;1-2/h4-13,17-19,21,24,27H,14-16H2,1-3H3,(H,32,35);3-12,14H,13H2,1-2H3,(H,18,20);5-7,9,12,17H,3-4H2,1-2H3;1-2H3/t19-,21-,24-,27+,40?;14-,23?;7-,9-,12+;/m000./s1. The van der Waals surface area contributed by atoms with Crippen LogP contribution in [0.25, 0.3) is 22.3 Å². The lowest BCUT2D eigenvalue weighted by Crippen LogP contribution is -2.35. The van der Waals surface area contributed by atoms with Gasteiger partial charge in [0.05, 0.1) is 49.5 Å². The summed E-state index contributed by atoms with van der Waals surface area (Å²) in [7, 11) is -7.19. The average Bonchev–Trinajstić information content (AvgIpc) is 4.37. The number of rotatable bonds is 20. The van der Waals surface area contributed by atoms with Gasteiger partial charge in [-0.25, -0.2) is 39.6 Å². The second kappa shape index (κ2) is 30.3. The second-order valence-corrected chi connectivity index (χ2v) is 23.6. The van der Waals surface area contributed by atoms with Gasteiger partial charge in [-0.15, -0.1) is 0 Å². The molecule has 83 heavy (non-hydrogen) atoms. The number of aliphatic hydroxyl groups is 1. The molecular formula is C59H74N10O12P2. The Bertz CT molecular complexity index is 3400. The van der Waals surface area contributed by atoms with E-state index in [4.69, 9.17) is 32.5 Å². The Balaban J connectivity index is 0.000000194. The number of carbonyl (C=O) groups excluding carboxylic acids is 2. The summed E-state index contributed by atoms with van der Waals surface area (Å²) < 4.78 is 69.9. The van der Waals surface area contributed by atoms with E-state index in [0.29, 0.717) is 29.5 Å². The first-order valence-corrected chi connectivity index (χ1v) is 31.1. The molecule has 2 unspecified atom stereocenters. The van der Waals surface area contributed by atoms with Gasteiger partial charge in [-0.1, -0.05) is 125 Å². The average molecular weight is 1180 g/mol. The normalized spacial score (nSPS) is 20.4. The molecule has 0 saturated carbocycles. The number of carbonyl (C=O) groups is 2. The third-order valence-corrected chi connectivity index (χ3v) is 16.2. The van der Waals surface area contributed by atoms with Gasteiger partial charge in [-0.3, -0.25) is 27.8 Å². The largest absolute Gasteiger partial charge is 0.460 e. The molecule has 4 aromatic heterocycles. The third-order valence-electron chi connectivity index (χ3n) is 13.1. The van der Waals surface area contributed by atoms with Crippen molar-refractivity contribution in [1.82, 2.24) is 49.2 Å². The predicted molar refractivity (Wildman–Crippen MR) is 313 cm³/mol. The Morgan fingerprint density at radius 3 is 1.47 bits per heavy atom. The molecule has 2 aliphatic heterocycles. The van der Waals surface area contributed by atoms with Gasteiger partial charge in [0.1, 0.15) is 72.9 Å². The molecule has 3 N–H and O–H groups in total. The lowest BCUT2D eigenvalue weighted by molar-refractivity contribution is -0.147. The van der Waals surface area contributed by atoms with Crippen LogP contribution in [-0.2, 0) is 55.4 Å². The first-order valence-electron chi connectivity index (χ1n) is 27.5. The number of imidazole rings is 2. The van der Waals surface area contributed by atoms with E-state index in [1.54, 1.807) is 81.4 Å². The molecule has 442 valence electrons. The SMILES string of the molecule is CC.C[C@H](NP(C)(=O)Oc1ccccc1)C(=O)OCc1ccccc1.Cc1ncnc2c1ncn2[C@@H]1O[C@H](CO)C[C@@H]1C.Cc1ncnc2c1ncn2[C@@H]1O[C@H](COP(=O)(N[C@@H](C)C(=O)OCc2ccccc2)Oc2ccccc2)C[C@@H]1C. The van der Waals surface area contributed by atoms with Crippen molar-refractivity contribution >= 4 is 49.5 Å². The summed E-state index contributed by atoms with van der Waals surface area (Å²) in [6.45, 7) is 16.9. The van der Waals surface area contributed by atoms with E-state index < -0.39 is 39.3 Å². The van der Waals surface area contributed by atoms with Gasteiger partial charge in [0.15, 0.2) is 11.3 Å². The molecule has 2 aliphatic rings. The highest BCUT2D eigenvalue weighted by atomic mass is 31.2. The quantitative estimate of drug-likeness (QED) is 0.0473. The van der Waals surface area contributed by atoms with Crippen LogP contribution in [0, 0.1) is 25.7 Å². The van der Waals surface area contributed by atoms with Gasteiger partial charge in [-0.05, 0) is 75.9 Å². The van der Waals surface area contributed by atoms with Crippen molar-refractivity contribution < 1.29 is 56.3 Å². The number of hydrogen-bond donors (Lipinski definition) is 3. The van der Waals surface area contributed by atoms with E-state index in [9.17, 15) is 23.8 Å². The minimum Gasteiger partial charge on any atom is -0.460 e. The lowest BCUT2D eigenvalue weighted by Gasteiger charge is -2.24. The lowest BCUT2D eigenvalue weighted by atomic mass is 10.1. The molecule has 22 nitrogen and oxygen atoms in total. The van der Waals surface area contributed by atoms with E-state index >= 15 is 0 Å². The first-order chi connectivity index (χ1) is 40.0. The second-order valence-electron chi connectivity index (χ2n) is 19.8. The Hall–Kier alpha value is -7.26. The molecule has 10 atom stereocenters. The third kappa shape index (κ3) is 17.9. The molecule has 6 heterocycles. The smallest absolute Gasteiger partial charge is 0.459 e. The zero-order chi connectivity index (χ0) is 59.5. The van der Waals surface area contributed by atoms with Crippen LogP contribution in [-0.4, -0.2) is 100 Å². The fraction of sp³-hybridized carbons (Fsp3) is 0.390. The van der Waals surface area contributed by atoms with Crippen LogP contribution in [0.2, 0.25) is 0 Å². The number of aryl methyl sites for hydroxylation is 2. The molecule has 0 amide bonds. The van der Waals surface area contributed by atoms with Crippen LogP contribution in [0.3, 0.4) is 0 Å². The summed E-state index contributed by atoms with van der Waals surface area (Å²) in [6.07, 6.45) is 7.07. The zero-order valence-corrected chi connectivity index (χ0v) is 49.9. The molecule has 2 fully saturated rings. The van der Waals surface area contributed by atoms with Gasteiger partial charge in [0, 0.05) is 18.5 Å². The number of para-hydroxylation sites is 2. The van der Waals surface area contributed by atoms with E-state index in [-0.39, 0.29) is 57.0 Å². The van der Waals surface area contributed by atoms with Gasteiger partial charge in [0.25, 0.3) is 0 Å². The number of nitrogens with zero attached hydrogens (tertiary/aromatic N) is 8. The maximum atomic E-state index is 13.9. The highest BCUT2D eigenvalue weighted by molar-refractivity contribution is 7.56. The van der Waals surface area contributed by atoms with Crippen LogP contribution in [0.1, 0.15) is 89.4 Å². The van der Waals surface area contributed by atoms with E-state index in [1.807, 2.05) is 110 Å².